The van der Waals surface area contributed by atoms with Gasteiger partial charge in [0.05, 0.1) is 18.3 Å². The molecule has 1 fully saturated rings. The van der Waals surface area contributed by atoms with Gasteiger partial charge in [-0.05, 0) is 35.4 Å². The third-order valence-corrected chi connectivity index (χ3v) is 5.34. The lowest BCUT2D eigenvalue weighted by Gasteiger charge is -2.18. The molecule has 2 atom stereocenters. The van der Waals surface area contributed by atoms with E-state index in [4.69, 9.17) is 23.2 Å². The molecule has 4 nitrogen and oxygen atoms in total. The van der Waals surface area contributed by atoms with Crippen LogP contribution in [0.25, 0.3) is 11.0 Å². The minimum atomic E-state index is -0.594. The lowest BCUT2D eigenvalue weighted by molar-refractivity contribution is -0.122. The number of carbonyl (C=O) groups is 2. The summed E-state index contributed by atoms with van der Waals surface area (Å²) in [4.78, 5) is 29.7. The van der Waals surface area contributed by atoms with Crippen molar-refractivity contribution >= 4 is 45.8 Å². The average Bonchev–Trinajstić information content (AvgIpc) is 3.04. The van der Waals surface area contributed by atoms with Crippen molar-refractivity contribution in [3.63, 3.8) is 0 Å². The minimum Gasteiger partial charge on any atom is -0.335 e. The number of hydrogen-bond donors (Lipinski definition) is 0. The van der Waals surface area contributed by atoms with Crippen LogP contribution < -0.4 is 0 Å². The highest BCUT2D eigenvalue weighted by Crippen LogP contribution is 2.46. The number of Topliss-reactive ketones (excluding diaryl/α,β-unsaturated/α-hetero) is 2. The van der Waals surface area contributed by atoms with E-state index in [-0.39, 0.29) is 18.0 Å². The molecule has 2 heterocycles. The van der Waals surface area contributed by atoms with E-state index in [1.54, 1.807) is 24.4 Å². The Bertz CT molecular complexity index is 1030. The topological polar surface area (TPSA) is 52.0 Å². The van der Waals surface area contributed by atoms with E-state index >= 15 is 0 Å². The van der Waals surface area contributed by atoms with Crippen molar-refractivity contribution in [3.8, 4) is 0 Å². The first kappa shape index (κ1) is 16.3. The monoisotopic (exact) mass is 372 g/mol. The van der Waals surface area contributed by atoms with E-state index in [2.05, 4.69) is 4.98 Å². The Hall–Kier alpha value is -2.17. The van der Waals surface area contributed by atoms with Crippen LogP contribution in [0.15, 0.2) is 42.7 Å². The Morgan fingerprint density at radius 1 is 1.08 bits per heavy atom. The van der Waals surface area contributed by atoms with Gasteiger partial charge in [-0.3, -0.25) is 9.59 Å². The molecule has 1 saturated carbocycles. The molecule has 0 aliphatic heterocycles. The lowest BCUT2D eigenvalue weighted by atomic mass is 9.83. The second-order valence-electron chi connectivity index (χ2n) is 6.30. The molecule has 3 aromatic rings. The van der Waals surface area contributed by atoms with Gasteiger partial charge in [-0.1, -0.05) is 29.3 Å². The maximum absolute atomic E-state index is 12.7. The minimum absolute atomic E-state index is 0.0784. The lowest BCUT2D eigenvalue weighted by Crippen LogP contribution is -2.14. The van der Waals surface area contributed by atoms with Gasteiger partial charge in [0.1, 0.15) is 17.2 Å². The smallest absolute Gasteiger partial charge is 0.148 e. The second-order valence-corrected chi connectivity index (χ2v) is 7.14. The van der Waals surface area contributed by atoms with Crippen LogP contribution in [-0.2, 0) is 16.6 Å². The van der Waals surface area contributed by atoms with E-state index in [1.165, 1.54) is 0 Å². The van der Waals surface area contributed by atoms with Gasteiger partial charge < -0.3 is 4.57 Å². The third-order valence-electron chi connectivity index (χ3n) is 4.77. The summed E-state index contributed by atoms with van der Waals surface area (Å²) in [6.45, 7) is 0. The van der Waals surface area contributed by atoms with Crippen molar-refractivity contribution in [2.24, 2.45) is 7.05 Å². The van der Waals surface area contributed by atoms with Gasteiger partial charge >= 0.3 is 0 Å². The summed E-state index contributed by atoms with van der Waals surface area (Å²) in [5.74, 6) is -1.35. The zero-order chi connectivity index (χ0) is 17.7. The fraction of sp³-hybridized carbons (Fsp3) is 0.211. The molecule has 6 heteroatoms. The Labute approximate surface area is 154 Å². The fourth-order valence-corrected chi connectivity index (χ4v) is 4.24. The number of benzene rings is 1. The van der Waals surface area contributed by atoms with Crippen molar-refractivity contribution < 1.29 is 9.59 Å². The second kappa shape index (κ2) is 5.97. The van der Waals surface area contributed by atoms with Gasteiger partial charge in [0.2, 0.25) is 0 Å². The Morgan fingerprint density at radius 2 is 1.80 bits per heavy atom. The molecule has 0 N–H and O–H groups in total. The van der Waals surface area contributed by atoms with E-state index in [9.17, 15) is 9.59 Å². The van der Waals surface area contributed by atoms with Crippen LogP contribution in [0.5, 0.6) is 0 Å². The van der Waals surface area contributed by atoms with E-state index in [0.29, 0.717) is 15.6 Å². The molecule has 2 unspecified atom stereocenters. The number of halogens is 2. The van der Waals surface area contributed by atoms with Crippen LogP contribution in [0.4, 0.5) is 0 Å². The number of nitrogens with zero attached hydrogens (tertiary/aromatic N) is 2. The number of rotatable bonds is 2. The van der Waals surface area contributed by atoms with Gasteiger partial charge in [0.15, 0.2) is 0 Å². The van der Waals surface area contributed by atoms with Crippen LogP contribution in [0.1, 0.15) is 29.4 Å². The molecule has 0 amide bonds. The Kier molecular flexibility index (Phi) is 3.89. The zero-order valence-electron chi connectivity index (χ0n) is 13.4. The highest BCUT2D eigenvalue weighted by atomic mass is 35.5. The fourth-order valence-electron chi connectivity index (χ4n) is 3.71. The summed E-state index contributed by atoms with van der Waals surface area (Å²) in [5.41, 5.74) is 2.25. The quantitative estimate of drug-likeness (QED) is 0.630. The van der Waals surface area contributed by atoms with Crippen molar-refractivity contribution in [2.45, 2.75) is 18.3 Å². The molecule has 2 aromatic heterocycles. The molecule has 0 radical (unpaired) electrons. The number of fused-ring (bicyclic) bond motifs is 1. The van der Waals surface area contributed by atoms with E-state index < -0.39 is 11.8 Å². The van der Waals surface area contributed by atoms with Gasteiger partial charge in [-0.2, -0.15) is 0 Å². The molecule has 1 aromatic carbocycles. The normalized spacial score (nSPS) is 20.6. The largest absolute Gasteiger partial charge is 0.335 e. The molecule has 1 aliphatic carbocycles. The Balaban J connectivity index is 1.91. The summed E-state index contributed by atoms with van der Waals surface area (Å²) in [7, 11) is 1.88. The standard InChI is InChI=1S/C19H14Cl2N2O2/c1-23-9-13(11-3-2-6-22-19(11)23)18-16(25)8-15(24)17(18)12-5-4-10(20)7-14(12)21/h2-7,9,17-18H,8H2,1H3. The summed E-state index contributed by atoms with van der Waals surface area (Å²) in [6, 6.07) is 8.80. The van der Waals surface area contributed by atoms with Crippen LogP contribution in [0, 0.1) is 0 Å². The first-order valence-electron chi connectivity index (χ1n) is 7.87. The molecule has 0 saturated heterocycles. The molecule has 0 bridgehead atoms. The van der Waals surface area contributed by atoms with Crippen molar-refractivity contribution in [2.75, 3.05) is 0 Å². The van der Waals surface area contributed by atoms with E-state index in [1.807, 2.05) is 29.9 Å². The van der Waals surface area contributed by atoms with E-state index in [0.717, 1.165) is 16.6 Å². The SMILES string of the molecule is Cn1cc(C2C(=O)CC(=O)C2c2ccc(Cl)cc2Cl)c2cccnc21. The van der Waals surface area contributed by atoms with Gasteiger partial charge in [0, 0.05) is 34.9 Å². The van der Waals surface area contributed by atoms with Gasteiger partial charge in [0.25, 0.3) is 0 Å². The number of pyridine rings is 1. The van der Waals surface area contributed by atoms with Crippen molar-refractivity contribution in [1.82, 2.24) is 9.55 Å². The molecule has 1 aliphatic rings. The highest BCUT2D eigenvalue weighted by molar-refractivity contribution is 6.35. The number of ketones is 2. The molecule has 126 valence electrons. The maximum atomic E-state index is 12.7. The predicted octanol–water partition coefficient (Wildman–Crippen LogP) is 4.29. The number of aryl methyl sites for hydroxylation is 1. The third kappa shape index (κ3) is 2.57. The molecular weight excluding hydrogens is 359 g/mol. The van der Waals surface area contributed by atoms with Gasteiger partial charge in [-0.25, -0.2) is 4.98 Å². The van der Waals surface area contributed by atoms with Crippen LogP contribution in [0.3, 0.4) is 0 Å². The summed E-state index contributed by atoms with van der Waals surface area (Å²) in [5, 5.41) is 1.79. The van der Waals surface area contributed by atoms with Crippen LogP contribution >= 0.6 is 23.2 Å². The zero-order valence-corrected chi connectivity index (χ0v) is 14.9. The number of aromatic nitrogens is 2. The summed E-state index contributed by atoms with van der Waals surface area (Å²) < 4.78 is 1.88. The van der Waals surface area contributed by atoms with Crippen molar-refractivity contribution in [3.05, 3.63) is 63.9 Å². The summed E-state index contributed by atoms with van der Waals surface area (Å²) in [6.07, 6.45) is 3.52. The first-order chi connectivity index (χ1) is 12.0. The molecule has 25 heavy (non-hydrogen) atoms. The molecule has 0 spiro atoms. The van der Waals surface area contributed by atoms with Crippen LogP contribution in [-0.4, -0.2) is 21.1 Å². The maximum Gasteiger partial charge on any atom is 0.148 e. The first-order valence-corrected chi connectivity index (χ1v) is 8.63. The van der Waals surface area contributed by atoms with Crippen LogP contribution in [0.2, 0.25) is 10.0 Å². The number of carbonyl (C=O) groups excluding carboxylic acids is 2. The number of hydrogen-bond acceptors (Lipinski definition) is 3. The average molecular weight is 373 g/mol. The van der Waals surface area contributed by atoms with Gasteiger partial charge in [-0.15, -0.1) is 0 Å². The molecular formula is C19H14Cl2N2O2. The highest BCUT2D eigenvalue weighted by Gasteiger charge is 2.45. The predicted molar refractivity (Wildman–Crippen MR) is 97.3 cm³/mol. The Morgan fingerprint density at radius 3 is 2.52 bits per heavy atom. The molecule has 4 rings (SSSR count). The van der Waals surface area contributed by atoms with Crippen molar-refractivity contribution in [1.29, 1.82) is 0 Å². The summed E-state index contributed by atoms with van der Waals surface area (Å²) >= 11 is 12.3.